The molecule has 0 saturated heterocycles. The van der Waals surface area contributed by atoms with Crippen molar-refractivity contribution >= 4 is 0 Å². The Hall–Kier alpha value is -0.760. The summed E-state index contributed by atoms with van der Waals surface area (Å²) < 4.78 is 0. The standard InChI is InChI=1S/C12H20N2/c1-4-11-7-12-10(5-6-13-12)8-14(11)9(2)3/h5-6,9,11,13H,4,7-8H2,1-3H3/t11-/m1/s1. The third-order valence-electron chi connectivity index (χ3n) is 3.33. The molecule has 1 aliphatic heterocycles. The maximum absolute atomic E-state index is 3.35. The van der Waals surface area contributed by atoms with Crippen LogP contribution in [0.3, 0.4) is 0 Å². The molecule has 2 nitrogen and oxygen atoms in total. The van der Waals surface area contributed by atoms with Gasteiger partial charge in [-0.15, -0.1) is 0 Å². The lowest BCUT2D eigenvalue weighted by Crippen LogP contribution is -2.43. The zero-order valence-electron chi connectivity index (χ0n) is 9.38. The van der Waals surface area contributed by atoms with Gasteiger partial charge in [-0.3, -0.25) is 4.90 Å². The van der Waals surface area contributed by atoms with Crippen LogP contribution in [0.2, 0.25) is 0 Å². The van der Waals surface area contributed by atoms with Crippen LogP contribution in [0.1, 0.15) is 38.4 Å². The minimum atomic E-state index is 0.656. The first kappa shape index (κ1) is 9.78. The van der Waals surface area contributed by atoms with Gasteiger partial charge < -0.3 is 4.98 Å². The quantitative estimate of drug-likeness (QED) is 0.763. The van der Waals surface area contributed by atoms with Crippen LogP contribution in [-0.2, 0) is 13.0 Å². The number of nitrogens with one attached hydrogen (secondary N) is 1. The first-order chi connectivity index (χ1) is 6.72. The highest BCUT2D eigenvalue weighted by molar-refractivity contribution is 5.24. The van der Waals surface area contributed by atoms with Crippen LogP contribution in [0.15, 0.2) is 12.3 Å². The summed E-state index contributed by atoms with van der Waals surface area (Å²) >= 11 is 0. The molecule has 0 fully saturated rings. The van der Waals surface area contributed by atoms with Crippen LogP contribution < -0.4 is 0 Å². The Kier molecular flexibility index (Phi) is 2.64. The molecule has 0 amide bonds. The molecule has 2 heteroatoms. The van der Waals surface area contributed by atoms with Crippen LogP contribution in [-0.4, -0.2) is 22.0 Å². The predicted octanol–water partition coefficient (Wildman–Crippen LogP) is 2.56. The maximum Gasteiger partial charge on any atom is 0.0257 e. The van der Waals surface area contributed by atoms with Crippen LogP contribution in [0, 0.1) is 0 Å². The van der Waals surface area contributed by atoms with Crippen LogP contribution in [0.25, 0.3) is 0 Å². The number of H-pyrrole nitrogens is 1. The van der Waals surface area contributed by atoms with Crippen molar-refractivity contribution < 1.29 is 0 Å². The van der Waals surface area contributed by atoms with Crippen molar-refractivity contribution in [2.75, 3.05) is 0 Å². The lowest BCUT2D eigenvalue weighted by atomic mass is 9.97. The zero-order valence-corrected chi connectivity index (χ0v) is 9.38. The molecule has 0 radical (unpaired) electrons. The van der Waals surface area contributed by atoms with E-state index in [2.05, 4.69) is 42.9 Å². The molecule has 1 atom stereocenters. The van der Waals surface area contributed by atoms with E-state index in [0.717, 1.165) is 12.6 Å². The fourth-order valence-corrected chi connectivity index (χ4v) is 2.44. The van der Waals surface area contributed by atoms with Gasteiger partial charge in [0, 0.05) is 36.9 Å². The molecule has 0 bridgehead atoms. The van der Waals surface area contributed by atoms with Crippen molar-refractivity contribution in [3.05, 3.63) is 23.5 Å². The molecular formula is C12H20N2. The van der Waals surface area contributed by atoms with Crippen LogP contribution >= 0.6 is 0 Å². The smallest absolute Gasteiger partial charge is 0.0257 e. The number of nitrogens with zero attached hydrogens (tertiary/aromatic N) is 1. The Morgan fingerprint density at radius 3 is 3.00 bits per heavy atom. The van der Waals surface area contributed by atoms with E-state index < -0.39 is 0 Å². The Bertz CT molecular complexity index is 301. The molecule has 2 rings (SSSR count). The minimum Gasteiger partial charge on any atom is -0.365 e. The van der Waals surface area contributed by atoms with E-state index in [1.165, 1.54) is 24.1 Å². The largest absolute Gasteiger partial charge is 0.365 e. The van der Waals surface area contributed by atoms with Gasteiger partial charge >= 0.3 is 0 Å². The van der Waals surface area contributed by atoms with Gasteiger partial charge in [0.25, 0.3) is 0 Å². The summed E-state index contributed by atoms with van der Waals surface area (Å²) in [5.74, 6) is 0. The summed E-state index contributed by atoms with van der Waals surface area (Å²) in [6.07, 6.45) is 4.51. The van der Waals surface area contributed by atoms with E-state index in [1.54, 1.807) is 0 Å². The molecular weight excluding hydrogens is 172 g/mol. The Balaban J connectivity index is 2.22. The van der Waals surface area contributed by atoms with E-state index in [-0.39, 0.29) is 0 Å². The van der Waals surface area contributed by atoms with Crippen molar-refractivity contribution in [1.82, 2.24) is 9.88 Å². The molecule has 0 aromatic carbocycles. The minimum absolute atomic E-state index is 0.656. The number of rotatable bonds is 2. The summed E-state index contributed by atoms with van der Waals surface area (Å²) in [6.45, 7) is 7.99. The van der Waals surface area contributed by atoms with E-state index >= 15 is 0 Å². The highest BCUT2D eigenvalue weighted by Crippen LogP contribution is 2.25. The van der Waals surface area contributed by atoms with Gasteiger partial charge in [0.2, 0.25) is 0 Å². The van der Waals surface area contributed by atoms with E-state index in [9.17, 15) is 0 Å². The molecule has 1 N–H and O–H groups in total. The summed E-state index contributed by atoms with van der Waals surface area (Å²) in [5, 5.41) is 0. The molecule has 14 heavy (non-hydrogen) atoms. The van der Waals surface area contributed by atoms with E-state index in [0.29, 0.717) is 6.04 Å². The topological polar surface area (TPSA) is 19.0 Å². The van der Waals surface area contributed by atoms with Gasteiger partial charge in [-0.1, -0.05) is 6.92 Å². The van der Waals surface area contributed by atoms with Crippen LogP contribution in [0.4, 0.5) is 0 Å². The van der Waals surface area contributed by atoms with E-state index in [1.807, 2.05) is 0 Å². The molecule has 0 unspecified atom stereocenters. The predicted molar refractivity (Wildman–Crippen MR) is 59.3 cm³/mol. The summed E-state index contributed by atoms with van der Waals surface area (Å²) in [7, 11) is 0. The van der Waals surface area contributed by atoms with Crippen molar-refractivity contribution in [3.63, 3.8) is 0 Å². The second-order valence-electron chi connectivity index (χ2n) is 4.51. The Morgan fingerprint density at radius 2 is 2.36 bits per heavy atom. The first-order valence-corrected chi connectivity index (χ1v) is 5.63. The molecule has 0 aliphatic carbocycles. The first-order valence-electron chi connectivity index (χ1n) is 5.63. The average molecular weight is 192 g/mol. The number of hydrogen-bond acceptors (Lipinski definition) is 1. The second kappa shape index (κ2) is 3.77. The highest BCUT2D eigenvalue weighted by atomic mass is 15.2. The fraction of sp³-hybridized carbons (Fsp3) is 0.667. The normalized spacial score (nSPS) is 22.7. The van der Waals surface area contributed by atoms with Gasteiger partial charge in [0.15, 0.2) is 0 Å². The zero-order chi connectivity index (χ0) is 10.1. The van der Waals surface area contributed by atoms with Gasteiger partial charge in [-0.25, -0.2) is 0 Å². The van der Waals surface area contributed by atoms with Gasteiger partial charge in [0.1, 0.15) is 0 Å². The van der Waals surface area contributed by atoms with E-state index in [4.69, 9.17) is 0 Å². The monoisotopic (exact) mass is 192 g/mol. The maximum atomic E-state index is 3.35. The average Bonchev–Trinajstić information content (AvgIpc) is 2.62. The molecule has 1 aliphatic rings. The SMILES string of the molecule is CC[C@@H]1Cc2[nH]ccc2CN1C(C)C. The third-order valence-corrected chi connectivity index (χ3v) is 3.33. The fourth-order valence-electron chi connectivity index (χ4n) is 2.44. The Labute approximate surface area is 86.3 Å². The van der Waals surface area contributed by atoms with Gasteiger partial charge in [0.05, 0.1) is 0 Å². The van der Waals surface area contributed by atoms with Crippen molar-refractivity contribution in [3.8, 4) is 0 Å². The summed E-state index contributed by atoms with van der Waals surface area (Å²) in [4.78, 5) is 5.96. The number of hydrogen-bond donors (Lipinski definition) is 1. The van der Waals surface area contributed by atoms with Crippen molar-refractivity contribution in [1.29, 1.82) is 0 Å². The Morgan fingerprint density at radius 1 is 1.57 bits per heavy atom. The molecule has 1 aromatic heterocycles. The second-order valence-corrected chi connectivity index (χ2v) is 4.51. The van der Waals surface area contributed by atoms with Gasteiger partial charge in [-0.2, -0.15) is 0 Å². The molecule has 78 valence electrons. The summed E-state index contributed by atoms with van der Waals surface area (Å²) in [5.41, 5.74) is 2.94. The molecule has 0 spiro atoms. The van der Waals surface area contributed by atoms with Crippen LogP contribution in [0.5, 0.6) is 0 Å². The van der Waals surface area contributed by atoms with Gasteiger partial charge in [-0.05, 0) is 31.9 Å². The molecule has 1 aromatic rings. The van der Waals surface area contributed by atoms with Crippen molar-refractivity contribution in [2.45, 2.75) is 52.2 Å². The third kappa shape index (κ3) is 1.59. The van der Waals surface area contributed by atoms with Crippen molar-refractivity contribution in [2.24, 2.45) is 0 Å². The lowest BCUT2D eigenvalue weighted by molar-refractivity contribution is 0.126. The summed E-state index contributed by atoms with van der Waals surface area (Å²) in [6, 6.07) is 3.60. The number of fused-ring (bicyclic) bond motifs is 1. The molecule has 2 heterocycles. The lowest BCUT2D eigenvalue weighted by Gasteiger charge is -2.38. The number of aromatic nitrogens is 1. The number of aromatic amines is 1. The highest BCUT2D eigenvalue weighted by Gasteiger charge is 2.26. The molecule has 0 saturated carbocycles.